The van der Waals surface area contributed by atoms with Crippen molar-refractivity contribution in [1.29, 1.82) is 0 Å². The standard InChI is InChI=1S/C17H20BrClN2/c1-12-5-3-4-6-14(12)11-21(2)17(10-20)13-7-8-16(19)15(18)9-13/h3-9,17H,10-11,20H2,1-2H3. The summed E-state index contributed by atoms with van der Waals surface area (Å²) in [6.45, 7) is 3.57. The van der Waals surface area contributed by atoms with E-state index in [4.69, 9.17) is 17.3 Å². The Kier molecular flexibility index (Phi) is 5.82. The minimum atomic E-state index is 0.165. The Labute approximate surface area is 140 Å². The fraction of sp³-hybridized carbons (Fsp3) is 0.294. The zero-order valence-corrected chi connectivity index (χ0v) is 14.7. The molecule has 2 rings (SSSR count). The molecule has 2 N–H and O–H groups in total. The van der Waals surface area contributed by atoms with Gasteiger partial charge in [-0.3, -0.25) is 4.90 Å². The molecule has 2 aromatic carbocycles. The van der Waals surface area contributed by atoms with Gasteiger partial charge in [0.1, 0.15) is 0 Å². The fourth-order valence-corrected chi connectivity index (χ4v) is 2.97. The van der Waals surface area contributed by atoms with Crippen molar-refractivity contribution in [3.05, 3.63) is 68.7 Å². The van der Waals surface area contributed by atoms with Crippen molar-refractivity contribution in [3.63, 3.8) is 0 Å². The summed E-state index contributed by atoms with van der Waals surface area (Å²) in [5.74, 6) is 0. The third-order valence-corrected chi connectivity index (χ3v) is 4.98. The zero-order chi connectivity index (χ0) is 15.4. The SMILES string of the molecule is Cc1ccccc1CN(C)C(CN)c1ccc(Cl)c(Br)c1. The number of rotatable bonds is 5. The summed E-state index contributed by atoms with van der Waals surface area (Å²) in [4.78, 5) is 2.28. The maximum absolute atomic E-state index is 6.07. The molecule has 0 amide bonds. The summed E-state index contributed by atoms with van der Waals surface area (Å²) in [5.41, 5.74) is 9.80. The first-order chi connectivity index (χ1) is 10.0. The molecule has 112 valence electrons. The van der Waals surface area contributed by atoms with E-state index in [9.17, 15) is 0 Å². The highest BCUT2D eigenvalue weighted by molar-refractivity contribution is 9.10. The van der Waals surface area contributed by atoms with Crippen molar-refractivity contribution in [2.45, 2.75) is 19.5 Å². The Morgan fingerprint density at radius 3 is 2.57 bits per heavy atom. The van der Waals surface area contributed by atoms with E-state index in [1.54, 1.807) is 0 Å². The molecule has 1 unspecified atom stereocenters. The van der Waals surface area contributed by atoms with Crippen LogP contribution in [0.25, 0.3) is 0 Å². The lowest BCUT2D eigenvalue weighted by molar-refractivity contribution is 0.241. The highest BCUT2D eigenvalue weighted by Crippen LogP contribution is 2.28. The van der Waals surface area contributed by atoms with Gasteiger partial charge in [0.15, 0.2) is 0 Å². The topological polar surface area (TPSA) is 29.3 Å². The summed E-state index contributed by atoms with van der Waals surface area (Å²) in [6, 6.07) is 14.6. The van der Waals surface area contributed by atoms with Crippen LogP contribution in [0.4, 0.5) is 0 Å². The highest BCUT2D eigenvalue weighted by Gasteiger charge is 2.17. The molecule has 2 nitrogen and oxygen atoms in total. The summed E-state index contributed by atoms with van der Waals surface area (Å²) < 4.78 is 0.907. The summed E-state index contributed by atoms with van der Waals surface area (Å²) >= 11 is 9.55. The number of hydrogen-bond donors (Lipinski definition) is 1. The smallest absolute Gasteiger partial charge is 0.0548 e. The molecule has 2 aromatic rings. The van der Waals surface area contributed by atoms with Crippen LogP contribution in [0.2, 0.25) is 5.02 Å². The molecule has 0 bridgehead atoms. The second kappa shape index (κ2) is 7.41. The number of nitrogens with zero attached hydrogens (tertiary/aromatic N) is 1. The fourth-order valence-electron chi connectivity index (χ4n) is 2.46. The molecule has 21 heavy (non-hydrogen) atoms. The molecule has 1 atom stereocenters. The molecular weight excluding hydrogens is 348 g/mol. The van der Waals surface area contributed by atoms with Crippen LogP contribution in [-0.4, -0.2) is 18.5 Å². The van der Waals surface area contributed by atoms with Gasteiger partial charge in [0.2, 0.25) is 0 Å². The van der Waals surface area contributed by atoms with Gasteiger partial charge >= 0.3 is 0 Å². The van der Waals surface area contributed by atoms with Crippen LogP contribution in [0.1, 0.15) is 22.7 Å². The Morgan fingerprint density at radius 2 is 1.95 bits per heavy atom. The van der Waals surface area contributed by atoms with E-state index in [2.05, 4.69) is 59.1 Å². The van der Waals surface area contributed by atoms with Gasteiger partial charge in [-0.15, -0.1) is 0 Å². The first kappa shape index (κ1) is 16.5. The number of halogens is 2. The van der Waals surface area contributed by atoms with Crippen LogP contribution in [0.5, 0.6) is 0 Å². The molecule has 0 aliphatic rings. The normalized spacial score (nSPS) is 12.7. The zero-order valence-electron chi connectivity index (χ0n) is 12.3. The highest BCUT2D eigenvalue weighted by atomic mass is 79.9. The van der Waals surface area contributed by atoms with Gasteiger partial charge < -0.3 is 5.73 Å². The van der Waals surface area contributed by atoms with Crippen LogP contribution in [0, 0.1) is 6.92 Å². The second-order valence-corrected chi connectivity index (χ2v) is 6.53. The number of aryl methyl sites for hydroxylation is 1. The molecule has 0 fully saturated rings. The van der Waals surface area contributed by atoms with Crippen molar-refractivity contribution >= 4 is 27.5 Å². The summed E-state index contributed by atoms with van der Waals surface area (Å²) in [6.07, 6.45) is 0. The Morgan fingerprint density at radius 1 is 1.24 bits per heavy atom. The Bertz CT molecular complexity index is 615. The van der Waals surface area contributed by atoms with E-state index in [0.29, 0.717) is 6.54 Å². The number of likely N-dealkylation sites (N-methyl/N-ethyl adjacent to an activating group) is 1. The van der Waals surface area contributed by atoms with Crippen LogP contribution in [0.15, 0.2) is 46.9 Å². The molecule has 0 heterocycles. The van der Waals surface area contributed by atoms with E-state index >= 15 is 0 Å². The summed E-state index contributed by atoms with van der Waals surface area (Å²) in [5, 5.41) is 0.719. The van der Waals surface area contributed by atoms with E-state index in [1.165, 1.54) is 16.7 Å². The van der Waals surface area contributed by atoms with E-state index in [0.717, 1.165) is 16.0 Å². The molecule has 0 spiro atoms. The quantitative estimate of drug-likeness (QED) is 0.840. The Balaban J connectivity index is 2.20. The van der Waals surface area contributed by atoms with Gasteiger partial charge in [-0.2, -0.15) is 0 Å². The number of hydrogen-bond acceptors (Lipinski definition) is 2. The first-order valence-electron chi connectivity index (χ1n) is 6.92. The van der Waals surface area contributed by atoms with Gasteiger partial charge in [-0.05, 0) is 58.7 Å². The number of benzene rings is 2. The third-order valence-electron chi connectivity index (χ3n) is 3.76. The van der Waals surface area contributed by atoms with Crippen molar-refractivity contribution in [2.24, 2.45) is 5.73 Å². The van der Waals surface area contributed by atoms with E-state index in [-0.39, 0.29) is 6.04 Å². The first-order valence-corrected chi connectivity index (χ1v) is 8.09. The molecule has 0 saturated carbocycles. The molecule has 0 aliphatic heterocycles. The third kappa shape index (κ3) is 4.07. The van der Waals surface area contributed by atoms with Gasteiger partial charge in [0.25, 0.3) is 0 Å². The average molecular weight is 368 g/mol. The van der Waals surface area contributed by atoms with Gasteiger partial charge in [-0.25, -0.2) is 0 Å². The van der Waals surface area contributed by atoms with Crippen LogP contribution in [0.3, 0.4) is 0 Å². The van der Waals surface area contributed by atoms with Crippen LogP contribution in [-0.2, 0) is 6.54 Å². The van der Waals surface area contributed by atoms with Gasteiger partial charge in [-0.1, -0.05) is 41.9 Å². The largest absolute Gasteiger partial charge is 0.329 e. The molecular formula is C17H20BrClN2. The van der Waals surface area contributed by atoms with Crippen molar-refractivity contribution < 1.29 is 0 Å². The summed E-state index contributed by atoms with van der Waals surface area (Å²) in [7, 11) is 2.10. The Hall–Kier alpha value is -0.870. The lowest BCUT2D eigenvalue weighted by atomic mass is 10.0. The lowest BCUT2D eigenvalue weighted by Crippen LogP contribution is -2.30. The lowest BCUT2D eigenvalue weighted by Gasteiger charge is -2.28. The second-order valence-electron chi connectivity index (χ2n) is 5.27. The molecule has 0 saturated heterocycles. The molecule has 4 heteroatoms. The van der Waals surface area contributed by atoms with E-state index in [1.807, 2.05) is 18.2 Å². The van der Waals surface area contributed by atoms with Crippen LogP contribution < -0.4 is 5.73 Å². The van der Waals surface area contributed by atoms with Gasteiger partial charge in [0, 0.05) is 23.6 Å². The minimum absolute atomic E-state index is 0.165. The minimum Gasteiger partial charge on any atom is -0.329 e. The predicted octanol–water partition coefficient (Wildman–Crippen LogP) is 4.54. The average Bonchev–Trinajstić information content (AvgIpc) is 2.46. The molecule has 0 aromatic heterocycles. The van der Waals surface area contributed by atoms with Crippen molar-refractivity contribution in [3.8, 4) is 0 Å². The predicted molar refractivity (Wildman–Crippen MR) is 93.6 cm³/mol. The molecule has 0 radical (unpaired) electrons. The maximum Gasteiger partial charge on any atom is 0.0548 e. The van der Waals surface area contributed by atoms with Gasteiger partial charge in [0.05, 0.1) is 5.02 Å². The van der Waals surface area contributed by atoms with Crippen molar-refractivity contribution in [2.75, 3.05) is 13.6 Å². The molecule has 0 aliphatic carbocycles. The van der Waals surface area contributed by atoms with Crippen LogP contribution >= 0.6 is 27.5 Å². The van der Waals surface area contributed by atoms with Crippen molar-refractivity contribution in [1.82, 2.24) is 4.90 Å². The van der Waals surface area contributed by atoms with E-state index < -0.39 is 0 Å². The monoisotopic (exact) mass is 366 g/mol. The number of nitrogens with two attached hydrogens (primary N) is 1. The maximum atomic E-state index is 6.07.